The summed E-state index contributed by atoms with van der Waals surface area (Å²) in [6.07, 6.45) is 4.36. The van der Waals surface area contributed by atoms with E-state index >= 15 is 0 Å². The van der Waals surface area contributed by atoms with Crippen LogP contribution in [0, 0.1) is 11.8 Å². The molecule has 132 valence electrons. The maximum Gasteiger partial charge on any atom is 0.119 e. The van der Waals surface area contributed by atoms with E-state index in [0.29, 0.717) is 30.0 Å². The third-order valence-electron chi connectivity index (χ3n) is 8.30. The molecule has 4 saturated heterocycles. The number of methoxy groups -OCH3 is 1. The lowest BCUT2D eigenvalue weighted by atomic mass is 9.65. The predicted molar refractivity (Wildman–Crippen MR) is 97.1 cm³/mol. The Bertz CT molecular complexity index is 805. The third kappa shape index (κ3) is 1.39. The van der Waals surface area contributed by atoms with Crippen LogP contribution in [0.2, 0.25) is 0 Å². The average Bonchev–Trinajstić information content (AvgIpc) is 3.03. The fourth-order valence-corrected chi connectivity index (χ4v) is 7.50. The van der Waals surface area contributed by atoms with E-state index in [1.54, 1.807) is 12.7 Å². The van der Waals surface area contributed by atoms with Crippen molar-refractivity contribution in [2.75, 3.05) is 25.6 Å². The number of likely N-dealkylation sites (N-methyl/N-ethyl adjacent to an activating group) is 1. The monoisotopic (exact) mass is 338 g/mol. The second-order valence-corrected chi connectivity index (χ2v) is 8.72. The highest BCUT2D eigenvalue weighted by Crippen LogP contribution is 2.68. The fraction of sp³-hybridized carbons (Fsp3) is 0.619. The van der Waals surface area contributed by atoms with E-state index in [0.717, 1.165) is 18.7 Å². The molecule has 1 spiro atoms. The molecular formula is C21H26N2O2. The first-order valence-electron chi connectivity index (χ1n) is 9.62. The predicted octanol–water partition coefficient (Wildman–Crippen LogP) is 2.16. The first kappa shape index (κ1) is 14.6. The Balaban J connectivity index is 1.59. The number of piperidine rings is 4. The molecule has 0 amide bonds. The maximum atomic E-state index is 11.7. The van der Waals surface area contributed by atoms with Gasteiger partial charge in [-0.1, -0.05) is 11.6 Å². The van der Waals surface area contributed by atoms with Crippen molar-refractivity contribution < 1.29 is 9.84 Å². The second kappa shape index (κ2) is 4.41. The van der Waals surface area contributed by atoms with E-state index in [1.807, 2.05) is 0 Å². The number of hydrogen-bond acceptors (Lipinski definition) is 4. The van der Waals surface area contributed by atoms with E-state index < -0.39 is 0 Å². The molecule has 4 heteroatoms. The zero-order valence-electron chi connectivity index (χ0n) is 15.1. The van der Waals surface area contributed by atoms with Crippen molar-refractivity contribution in [3.05, 3.63) is 35.4 Å². The molecule has 0 aromatic heterocycles. The number of hydrogen-bond donors (Lipinski definition) is 1. The molecule has 1 aromatic rings. The van der Waals surface area contributed by atoms with Gasteiger partial charge in [-0.3, -0.25) is 4.90 Å². The Morgan fingerprint density at radius 3 is 2.92 bits per heavy atom. The number of ether oxygens (including phenoxy) is 1. The van der Waals surface area contributed by atoms with Gasteiger partial charge in [-0.15, -0.1) is 0 Å². The van der Waals surface area contributed by atoms with Crippen molar-refractivity contribution in [1.82, 2.24) is 4.90 Å². The van der Waals surface area contributed by atoms with Gasteiger partial charge in [0.05, 0.1) is 19.3 Å². The normalized spacial score (nSPS) is 49.7. The summed E-state index contributed by atoms with van der Waals surface area (Å²) >= 11 is 0. The molecule has 1 aliphatic carbocycles. The van der Waals surface area contributed by atoms with Crippen LogP contribution in [0.1, 0.15) is 25.3 Å². The fourth-order valence-electron chi connectivity index (χ4n) is 7.50. The molecule has 5 bridgehead atoms. The number of fused-ring (bicyclic) bond motifs is 2. The van der Waals surface area contributed by atoms with Crippen molar-refractivity contribution in [3.63, 3.8) is 0 Å². The number of anilines is 1. The number of aliphatic hydroxyl groups excluding tert-OH is 1. The van der Waals surface area contributed by atoms with Crippen LogP contribution in [0.25, 0.3) is 0 Å². The van der Waals surface area contributed by atoms with Gasteiger partial charge in [0.15, 0.2) is 0 Å². The summed E-state index contributed by atoms with van der Waals surface area (Å²) in [6, 6.07) is 7.95. The van der Waals surface area contributed by atoms with Crippen LogP contribution in [-0.2, 0) is 5.41 Å². The standard InChI is InChI=1S/C21H26N2O2/c1-4-11-10-23-16-8-13(11)18-17(23)9-21(20(18)24)14-7-12(25-3)5-6-15(14)22(2)19(16)21/h4-7,13,16-20,24H,8-10H2,1-3H3/t13-,16-,17-,18-,19-,20-,21+/m0/s1. The zero-order chi connectivity index (χ0) is 17.1. The molecule has 7 rings (SSSR count). The lowest BCUT2D eigenvalue weighted by Gasteiger charge is -2.58. The van der Waals surface area contributed by atoms with E-state index in [1.165, 1.54) is 17.7 Å². The summed E-state index contributed by atoms with van der Waals surface area (Å²) in [6.45, 7) is 3.28. The van der Waals surface area contributed by atoms with Crippen LogP contribution in [0.15, 0.2) is 29.8 Å². The third-order valence-corrected chi connectivity index (χ3v) is 8.30. The van der Waals surface area contributed by atoms with Crippen molar-refractivity contribution >= 4 is 5.69 Å². The number of aliphatic hydroxyl groups is 1. The molecule has 6 aliphatic rings. The summed E-state index contributed by atoms with van der Waals surface area (Å²) in [5.41, 5.74) is 4.06. The number of nitrogens with zero attached hydrogens (tertiary/aromatic N) is 2. The number of rotatable bonds is 1. The smallest absolute Gasteiger partial charge is 0.119 e. The summed E-state index contributed by atoms with van der Waals surface area (Å²) in [7, 11) is 3.97. The van der Waals surface area contributed by atoms with E-state index in [2.05, 4.69) is 48.0 Å². The minimum atomic E-state index is -0.256. The van der Waals surface area contributed by atoms with Gasteiger partial charge in [-0.2, -0.15) is 0 Å². The molecule has 1 aromatic carbocycles. The molecule has 5 heterocycles. The topological polar surface area (TPSA) is 35.9 Å². The Hall–Kier alpha value is -1.52. The van der Waals surface area contributed by atoms with E-state index in [9.17, 15) is 5.11 Å². The van der Waals surface area contributed by atoms with Gasteiger partial charge in [0.2, 0.25) is 0 Å². The molecule has 8 atom stereocenters. The number of allylic oxidation sites excluding steroid dienone is 1. The lowest BCUT2D eigenvalue weighted by Crippen LogP contribution is -2.68. The first-order chi connectivity index (χ1) is 12.1. The van der Waals surface area contributed by atoms with Crippen LogP contribution in [0.5, 0.6) is 5.75 Å². The van der Waals surface area contributed by atoms with Crippen molar-refractivity contribution in [3.8, 4) is 5.75 Å². The van der Waals surface area contributed by atoms with Gasteiger partial charge in [0.1, 0.15) is 5.75 Å². The lowest BCUT2D eigenvalue weighted by molar-refractivity contribution is -0.0345. The molecule has 1 saturated carbocycles. The van der Waals surface area contributed by atoms with Gasteiger partial charge in [0.25, 0.3) is 0 Å². The van der Waals surface area contributed by atoms with Gasteiger partial charge in [-0.25, -0.2) is 0 Å². The zero-order valence-corrected chi connectivity index (χ0v) is 15.1. The van der Waals surface area contributed by atoms with E-state index in [4.69, 9.17) is 4.74 Å². The average molecular weight is 338 g/mol. The Kier molecular flexibility index (Phi) is 2.58. The molecular weight excluding hydrogens is 312 g/mol. The molecule has 1 N–H and O–H groups in total. The van der Waals surface area contributed by atoms with Crippen LogP contribution in [0.3, 0.4) is 0 Å². The number of benzene rings is 1. The van der Waals surface area contributed by atoms with Crippen molar-refractivity contribution in [2.24, 2.45) is 11.8 Å². The quantitative estimate of drug-likeness (QED) is 0.796. The molecule has 4 nitrogen and oxygen atoms in total. The summed E-state index contributed by atoms with van der Waals surface area (Å²) in [5, 5.41) is 11.7. The highest BCUT2D eigenvalue weighted by molar-refractivity contribution is 5.69. The van der Waals surface area contributed by atoms with Crippen LogP contribution in [0.4, 0.5) is 5.69 Å². The van der Waals surface area contributed by atoms with Crippen molar-refractivity contribution in [2.45, 2.75) is 49.4 Å². The largest absolute Gasteiger partial charge is 0.497 e. The van der Waals surface area contributed by atoms with Gasteiger partial charge in [-0.05, 0) is 49.4 Å². The van der Waals surface area contributed by atoms with Crippen LogP contribution in [-0.4, -0.2) is 54.9 Å². The Morgan fingerprint density at radius 1 is 1.32 bits per heavy atom. The molecule has 1 unspecified atom stereocenters. The summed E-state index contributed by atoms with van der Waals surface area (Å²) < 4.78 is 5.53. The van der Waals surface area contributed by atoms with Crippen molar-refractivity contribution in [1.29, 1.82) is 0 Å². The maximum absolute atomic E-state index is 11.7. The summed E-state index contributed by atoms with van der Waals surface area (Å²) in [4.78, 5) is 5.20. The molecule has 25 heavy (non-hydrogen) atoms. The highest BCUT2D eigenvalue weighted by Gasteiger charge is 2.74. The Morgan fingerprint density at radius 2 is 2.16 bits per heavy atom. The van der Waals surface area contributed by atoms with E-state index in [-0.39, 0.29) is 11.5 Å². The minimum absolute atomic E-state index is 0.118. The minimum Gasteiger partial charge on any atom is -0.497 e. The summed E-state index contributed by atoms with van der Waals surface area (Å²) in [5.74, 6) is 1.88. The Labute approximate surface area is 149 Å². The van der Waals surface area contributed by atoms with Crippen LogP contribution >= 0.6 is 0 Å². The molecule has 0 radical (unpaired) electrons. The highest BCUT2D eigenvalue weighted by atomic mass is 16.5. The molecule has 5 aliphatic heterocycles. The second-order valence-electron chi connectivity index (χ2n) is 8.72. The van der Waals surface area contributed by atoms with Gasteiger partial charge < -0.3 is 14.7 Å². The SMILES string of the molecule is CC=C1CN2[C@H]3C[C@@]45c6cc(OC)ccc6N(C)[C@H]4[C@@H]2C[C@@H]1[C@@H]3[C@@H]5O. The van der Waals surface area contributed by atoms with Gasteiger partial charge >= 0.3 is 0 Å². The van der Waals surface area contributed by atoms with Crippen LogP contribution < -0.4 is 9.64 Å². The first-order valence-corrected chi connectivity index (χ1v) is 9.62. The van der Waals surface area contributed by atoms with Gasteiger partial charge in [0, 0.05) is 42.7 Å². The molecule has 5 fully saturated rings.